The van der Waals surface area contributed by atoms with E-state index in [0.717, 1.165) is 11.1 Å². The third kappa shape index (κ3) is 3.84. The number of benzene rings is 2. The minimum atomic E-state index is -0.218. The number of carbonyl (C=O) groups excluding carboxylic acids is 1. The molecule has 0 saturated carbocycles. The maximum absolute atomic E-state index is 12.0. The van der Waals surface area contributed by atoms with E-state index in [-0.39, 0.29) is 18.1 Å². The van der Waals surface area contributed by atoms with Crippen LogP contribution in [0.5, 0.6) is 17.2 Å². The molecule has 1 aliphatic rings. The summed E-state index contributed by atoms with van der Waals surface area (Å²) in [4.78, 5) is 12.0. The number of carbonyl (C=O) groups is 1. The number of rotatable bonds is 4. The number of aromatic hydroxyl groups is 1. The molecule has 1 amide bonds. The molecule has 2 N–H and O–H groups in total. The van der Waals surface area contributed by atoms with Gasteiger partial charge in [-0.2, -0.15) is 5.10 Å². The van der Waals surface area contributed by atoms with Crippen LogP contribution in [0.25, 0.3) is 0 Å². The Morgan fingerprint density at radius 3 is 2.58 bits per heavy atom. The number of nitrogens with one attached hydrogen (secondary N) is 1. The quantitative estimate of drug-likeness (QED) is 0.667. The molecule has 6 nitrogen and oxygen atoms in total. The van der Waals surface area contributed by atoms with E-state index >= 15 is 0 Å². The Morgan fingerprint density at radius 1 is 1.12 bits per heavy atom. The zero-order valence-electron chi connectivity index (χ0n) is 13.3. The van der Waals surface area contributed by atoms with Crippen LogP contribution in [0, 0.1) is 0 Å². The number of phenolic OH excluding ortho intramolecular Hbond substituents is 1. The first-order valence-electron chi connectivity index (χ1n) is 7.63. The Bertz CT molecular complexity index is 769. The van der Waals surface area contributed by atoms with Crippen molar-refractivity contribution in [3.63, 3.8) is 0 Å². The zero-order valence-corrected chi connectivity index (χ0v) is 13.3. The monoisotopic (exact) mass is 326 g/mol. The second kappa shape index (κ2) is 7.04. The van der Waals surface area contributed by atoms with Crippen molar-refractivity contribution in [1.82, 2.24) is 5.43 Å². The number of fused-ring (bicyclic) bond motifs is 1. The van der Waals surface area contributed by atoms with Crippen LogP contribution >= 0.6 is 0 Å². The van der Waals surface area contributed by atoms with Gasteiger partial charge < -0.3 is 14.6 Å². The molecule has 0 saturated heterocycles. The van der Waals surface area contributed by atoms with E-state index in [4.69, 9.17) is 9.47 Å². The second-order valence-electron chi connectivity index (χ2n) is 5.43. The van der Waals surface area contributed by atoms with Crippen LogP contribution in [-0.2, 0) is 11.2 Å². The lowest BCUT2D eigenvalue weighted by Gasteiger charge is -2.18. The fourth-order valence-corrected chi connectivity index (χ4v) is 2.34. The molecule has 24 heavy (non-hydrogen) atoms. The van der Waals surface area contributed by atoms with Crippen LogP contribution in [0.1, 0.15) is 18.1 Å². The number of nitrogens with zero attached hydrogens (tertiary/aromatic N) is 1. The van der Waals surface area contributed by atoms with Gasteiger partial charge in [-0.1, -0.05) is 6.07 Å². The predicted molar refractivity (Wildman–Crippen MR) is 89.6 cm³/mol. The zero-order chi connectivity index (χ0) is 16.9. The van der Waals surface area contributed by atoms with Gasteiger partial charge in [-0.05, 0) is 54.4 Å². The van der Waals surface area contributed by atoms with Crippen molar-refractivity contribution < 1.29 is 19.4 Å². The summed E-state index contributed by atoms with van der Waals surface area (Å²) in [6, 6.07) is 12.1. The molecule has 0 spiro atoms. The summed E-state index contributed by atoms with van der Waals surface area (Å²) in [5.41, 5.74) is 4.85. The van der Waals surface area contributed by atoms with Gasteiger partial charge in [-0.3, -0.25) is 4.79 Å². The lowest BCUT2D eigenvalue weighted by Crippen LogP contribution is -2.21. The van der Waals surface area contributed by atoms with Gasteiger partial charge in [0.2, 0.25) is 5.91 Å². The van der Waals surface area contributed by atoms with Gasteiger partial charge >= 0.3 is 0 Å². The molecule has 6 heteroatoms. The molecule has 1 aliphatic heterocycles. The molecular weight excluding hydrogens is 308 g/mol. The first-order valence-corrected chi connectivity index (χ1v) is 7.63. The van der Waals surface area contributed by atoms with Gasteiger partial charge in [0.15, 0.2) is 11.5 Å². The molecular formula is C18H18N2O4. The van der Waals surface area contributed by atoms with Gasteiger partial charge in [0.05, 0.1) is 12.1 Å². The maximum Gasteiger partial charge on any atom is 0.244 e. The van der Waals surface area contributed by atoms with E-state index in [1.807, 2.05) is 18.2 Å². The molecule has 124 valence electrons. The molecule has 2 aromatic carbocycles. The first-order chi connectivity index (χ1) is 11.6. The van der Waals surface area contributed by atoms with E-state index in [1.54, 1.807) is 31.2 Å². The van der Waals surface area contributed by atoms with Crippen molar-refractivity contribution in [3.8, 4) is 17.2 Å². The van der Waals surface area contributed by atoms with Crippen LogP contribution in [0.15, 0.2) is 47.6 Å². The number of hydrogen-bond acceptors (Lipinski definition) is 5. The van der Waals surface area contributed by atoms with Crippen molar-refractivity contribution in [3.05, 3.63) is 53.6 Å². The highest BCUT2D eigenvalue weighted by Crippen LogP contribution is 2.30. The summed E-state index contributed by atoms with van der Waals surface area (Å²) in [5, 5.41) is 13.4. The van der Waals surface area contributed by atoms with Crippen molar-refractivity contribution in [2.45, 2.75) is 13.3 Å². The standard InChI is InChI=1S/C18H18N2O4/c1-12(14-3-5-15(21)6-4-14)19-20-18(22)11-13-2-7-16-17(10-13)24-9-8-23-16/h2-7,10,21H,8-9,11H2,1H3,(H,20,22)/b19-12-. The van der Waals surface area contributed by atoms with Crippen LogP contribution in [0.2, 0.25) is 0 Å². The summed E-state index contributed by atoms with van der Waals surface area (Å²) in [6.45, 7) is 2.84. The third-order valence-corrected chi connectivity index (χ3v) is 3.60. The summed E-state index contributed by atoms with van der Waals surface area (Å²) >= 11 is 0. The van der Waals surface area contributed by atoms with Crippen molar-refractivity contribution in [2.75, 3.05) is 13.2 Å². The Kier molecular flexibility index (Phi) is 4.65. The summed E-state index contributed by atoms with van der Waals surface area (Å²) in [5.74, 6) is 1.33. The molecule has 3 rings (SSSR count). The van der Waals surface area contributed by atoms with E-state index in [2.05, 4.69) is 10.5 Å². The Balaban J connectivity index is 1.61. The highest BCUT2D eigenvalue weighted by atomic mass is 16.6. The Hall–Kier alpha value is -3.02. The number of phenols is 1. The molecule has 0 unspecified atom stereocenters. The first kappa shape index (κ1) is 15.9. The number of amides is 1. The van der Waals surface area contributed by atoms with Gasteiger partial charge in [0, 0.05) is 0 Å². The van der Waals surface area contributed by atoms with Crippen LogP contribution in [0.4, 0.5) is 0 Å². The highest BCUT2D eigenvalue weighted by molar-refractivity contribution is 5.99. The summed E-state index contributed by atoms with van der Waals surface area (Å²) in [7, 11) is 0. The van der Waals surface area contributed by atoms with Gasteiger partial charge in [0.1, 0.15) is 19.0 Å². The van der Waals surface area contributed by atoms with E-state index < -0.39 is 0 Å². The van der Waals surface area contributed by atoms with Gasteiger partial charge in [0.25, 0.3) is 0 Å². The number of hydrogen-bond donors (Lipinski definition) is 2. The maximum atomic E-state index is 12.0. The number of hydrazone groups is 1. The van der Waals surface area contributed by atoms with E-state index in [1.165, 1.54) is 0 Å². The SMILES string of the molecule is C/C(=N/NC(=O)Cc1ccc2c(c1)OCCO2)c1ccc(O)cc1. The lowest BCUT2D eigenvalue weighted by molar-refractivity contribution is -0.120. The van der Waals surface area contributed by atoms with Gasteiger partial charge in [-0.15, -0.1) is 0 Å². The molecule has 0 aromatic heterocycles. The predicted octanol–water partition coefficient (Wildman–Crippen LogP) is 2.25. The molecule has 2 aromatic rings. The van der Waals surface area contributed by atoms with E-state index in [0.29, 0.717) is 30.4 Å². The molecule has 1 heterocycles. The van der Waals surface area contributed by atoms with Crippen LogP contribution in [0.3, 0.4) is 0 Å². The lowest BCUT2D eigenvalue weighted by atomic mass is 10.1. The Morgan fingerprint density at radius 2 is 1.83 bits per heavy atom. The molecule has 0 atom stereocenters. The topological polar surface area (TPSA) is 80.2 Å². The second-order valence-corrected chi connectivity index (χ2v) is 5.43. The van der Waals surface area contributed by atoms with E-state index in [9.17, 15) is 9.90 Å². The van der Waals surface area contributed by atoms with Gasteiger partial charge in [-0.25, -0.2) is 5.43 Å². The average molecular weight is 326 g/mol. The van der Waals surface area contributed by atoms with Crippen LogP contribution in [-0.4, -0.2) is 29.9 Å². The van der Waals surface area contributed by atoms with Crippen molar-refractivity contribution in [1.29, 1.82) is 0 Å². The number of ether oxygens (including phenoxy) is 2. The fourth-order valence-electron chi connectivity index (χ4n) is 2.34. The summed E-state index contributed by atoms with van der Waals surface area (Å²) in [6.07, 6.45) is 0.197. The smallest absolute Gasteiger partial charge is 0.244 e. The molecule has 0 bridgehead atoms. The largest absolute Gasteiger partial charge is 0.508 e. The summed E-state index contributed by atoms with van der Waals surface area (Å²) < 4.78 is 11.0. The van der Waals surface area contributed by atoms with Crippen molar-refractivity contribution in [2.24, 2.45) is 5.10 Å². The molecule has 0 aliphatic carbocycles. The highest BCUT2D eigenvalue weighted by Gasteiger charge is 2.13. The normalized spacial score (nSPS) is 13.5. The minimum Gasteiger partial charge on any atom is -0.508 e. The minimum absolute atomic E-state index is 0.189. The fraction of sp³-hybridized carbons (Fsp3) is 0.222. The van der Waals surface area contributed by atoms with Crippen molar-refractivity contribution >= 4 is 11.6 Å². The Labute approximate surface area is 139 Å². The third-order valence-electron chi connectivity index (χ3n) is 3.60. The average Bonchev–Trinajstić information content (AvgIpc) is 2.60. The molecule has 0 fully saturated rings. The molecule has 0 radical (unpaired) electrons. The van der Waals surface area contributed by atoms with Crippen LogP contribution < -0.4 is 14.9 Å².